The van der Waals surface area contributed by atoms with E-state index in [0.29, 0.717) is 30.5 Å². The lowest BCUT2D eigenvalue weighted by Gasteiger charge is -2.04. The Morgan fingerprint density at radius 1 is 1.10 bits per heavy atom. The summed E-state index contributed by atoms with van der Waals surface area (Å²) in [5, 5.41) is 5.28. The summed E-state index contributed by atoms with van der Waals surface area (Å²) in [6.45, 7) is 3.12. The minimum atomic E-state index is 0.468. The molecule has 0 atom stereocenters. The number of benzene rings is 1. The van der Waals surface area contributed by atoms with E-state index < -0.39 is 0 Å². The second-order valence-corrected chi connectivity index (χ2v) is 8.06. The highest BCUT2D eigenvalue weighted by atomic mass is 32.1. The highest BCUT2D eigenvalue weighted by molar-refractivity contribution is 7.19. The first-order chi connectivity index (χ1) is 15.1. The Labute approximate surface area is 184 Å². The molecular weight excluding hydrogens is 412 g/mol. The number of nitrogens with two attached hydrogens (primary N) is 1. The van der Waals surface area contributed by atoms with Crippen LogP contribution in [0, 0.1) is 6.92 Å². The number of ether oxygens (including phenoxy) is 2. The summed E-state index contributed by atoms with van der Waals surface area (Å²) in [5.74, 6) is 1.44. The van der Waals surface area contributed by atoms with Gasteiger partial charge in [0.15, 0.2) is 11.0 Å². The quantitative estimate of drug-likeness (QED) is 0.450. The minimum absolute atomic E-state index is 0.468. The number of nitrogens with zero attached hydrogens (tertiary/aromatic N) is 5. The molecule has 0 aliphatic carbocycles. The molecule has 0 spiro atoms. The fourth-order valence-corrected chi connectivity index (χ4v) is 4.06. The first-order valence-electron chi connectivity index (χ1n) is 9.82. The number of nitrogen functional groups attached to an aromatic ring is 1. The van der Waals surface area contributed by atoms with Crippen LogP contribution in [0.5, 0.6) is 5.75 Å². The predicted octanol–water partition coefficient (Wildman–Crippen LogP) is 3.60. The first kappa shape index (κ1) is 21.0. The number of hydrogen-bond acceptors (Lipinski definition) is 8. The summed E-state index contributed by atoms with van der Waals surface area (Å²) >= 11 is 1.38. The van der Waals surface area contributed by atoms with Gasteiger partial charge in [-0.05, 0) is 30.7 Å². The topological polar surface area (TPSA) is 101 Å². The van der Waals surface area contributed by atoms with E-state index in [9.17, 15) is 0 Å². The van der Waals surface area contributed by atoms with E-state index in [1.807, 2.05) is 48.1 Å². The summed E-state index contributed by atoms with van der Waals surface area (Å²) in [6.07, 6.45) is 4.41. The fraction of sp³-hybridized carbons (Fsp3) is 0.273. The lowest BCUT2D eigenvalue weighted by atomic mass is 10.1. The Balaban J connectivity index is 1.73. The Bertz CT molecular complexity index is 1170. The lowest BCUT2D eigenvalue weighted by molar-refractivity contribution is 0.201. The molecule has 0 amide bonds. The average Bonchev–Trinajstić information content (AvgIpc) is 3.35. The van der Waals surface area contributed by atoms with Crippen LogP contribution in [0.4, 0.5) is 5.13 Å². The third-order valence-electron chi connectivity index (χ3n) is 4.78. The third kappa shape index (κ3) is 4.73. The molecular formula is C22H24N6O2S. The van der Waals surface area contributed by atoms with Crippen LogP contribution in [-0.4, -0.2) is 45.6 Å². The molecule has 4 rings (SSSR count). The molecule has 0 saturated carbocycles. The van der Waals surface area contributed by atoms with Gasteiger partial charge in [-0.2, -0.15) is 5.10 Å². The van der Waals surface area contributed by atoms with Crippen molar-refractivity contribution >= 4 is 16.5 Å². The summed E-state index contributed by atoms with van der Waals surface area (Å²) < 4.78 is 12.5. The molecule has 1 aromatic carbocycles. The van der Waals surface area contributed by atoms with Crippen molar-refractivity contribution in [3.63, 3.8) is 0 Å². The largest absolute Gasteiger partial charge is 0.497 e. The normalized spacial score (nSPS) is 11.1. The van der Waals surface area contributed by atoms with Crippen LogP contribution in [0.1, 0.15) is 17.0 Å². The Hall–Kier alpha value is -3.30. The SMILES string of the molecule is COCCc1nn(Cc2ccc(OC)cc2)cc1-c1nc(N)sc1-c1nccc(C)n1. The lowest BCUT2D eigenvalue weighted by Crippen LogP contribution is -2.02. The van der Waals surface area contributed by atoms with Gasteiger partial charge < -0.3 is 15.2 Å². The van der Waals surface area contributed by atoms with E-state index in [2.05, 4.69) is 15.0 Å². The summed E-state index contributed by atoms with van der Waals surface area (Å²) in [7, 11) is 3.34. The molecule has 0 saturated heterocycles. The van der Waals surface area contributed by atoms with Gasteiger partial charge in [0.05, 0.1) is 31.6 Å². The van der Waals surface area contributed by atoms with E-state index in [0.717, 1.165) is 38.8 Å². The molecule has 0 bridgehead atoms. The highest BCUT2D eigenvalue weighted by Gasteiger charge is 2.21. The van der Waals surface area contributed by atoms with E-state index in [1.54, 1.807) is 20.4 Å². The second kappa shape index (κ2) is 9.23. The van der Waals surface area contributed by atoms with Gasteiger partial charge in [0.25, 0.3) is 0 Å². The van der Waals surface area contributed by atoms with Gasteiger partial charge in [-0.15, -0.1) is 0 Å². The molecule has 31 heavy (non-hydrogen) atoms. The monoisotopic (exact) mass is 436 g/mol. The smallest absolute Gasteiger partial charge is 0.181 e. The van der Waals surface area contributed by atoms with Gasteiger partial charge >= 0.3 is 0 Å². The summed E-state index contributed by atoms with van der Waals surface area (Å²) in [5.41, 5.74) is 10.7. The fourth-order valence-electron chi connectivity index (χ4n) is 3.27. The first-order valence-corrected chi connectivity index (χ1v) is 10.6. The molecule has 2 N–H and O–H groups in total. The van der Waals surface area contributed by atoms with Crippen molar-refractivity contribution in [3.05, 3.63) is 59.7 Å². The zero-order valence-corrected chi connectivity index (χ0v) is 18.5. The zero-order valence-electron chi connectivity index (χ0n) is 17.7. The van der Waals surface area contributed by atoms with E-state index in [4.69, 9.17) is 20.3 Å². The highest BCUT2D eigenvalue weighted by Crippen LogP contribution is 2.37. The minimum Gasteiger partial charge on any atom is -0.497 e. The van der Waals surface area contributed by atoms with Crippen molar-refractivity contribution in [2.24, 2.45) is 0 Å². The van der Waals surface area contributed by atoms with Gasteiger partial charge in [0.1, 0.15) is 10.6 Å². The second-order valence-electron chi connectivity index (χ2n) is 7.03. The van der Waals surface area contributed by atoms with Crippen molar-refractivity contribution in [2.45, 2.75) is 19.9 Å². The third-order valence-corrected chi connectivity index (χ3v) is 5.66. The van der Waals surface area contributed by atoms with Crippen molar-refractivity contribution in [3.8, 4) is 27.7 Å². The molecule has 3 heterocycles. The number of aromatic nitrogens is 5. The van der Waals surface area contributed by atoms with Crippen molar-refractivity contribution in [1.29, 1.82) is 0 Å². The molecule has 0 fully saturated rings. The molecule has 0 aliphatic rings. The molecule has 3 aromatic heterocycles. The van der Waals surface area contributed by atoms with Crippen LogP contribution in [0.2, 0.25) is 0 Å². The Morgan fingerprint density at radius 2 is 1.90 bits per heavy atom. The number of hydrogen-bond donors (Lipinski definition) is 1. The number of rotatable bonds is 8. The van der Waals surface area contributed by atoms with Crippen molar-refractivity contribution in [2.75, 3.05) is 26.6 Å². The maximum Gasteiger partial charge on any atom is 0.181 e. The number of aryl methyl sites for hydroxylation is 1. The molecule has 8 nitrogen and oxygen atoms in total. The van der Waals surface area contributed by atoms with Crippen LogP contribution in [-0.2, 0) is 17.7 Å². The van der Waals surface area contributed by atoms with Crippen LogP contribution >= 0.6 is 11.3 Å². The van der Waals surface area contributed by atoms with Gasteiger partial charge in [0.2, 0.25) is 0 Å². The summed E-state index contributed by atoms with van der Waals surface area (Å²) in [4.78, 5) is 14.4. The molecule has 9 heteroatoms. The summed E-state index contributed by atoms with van der Waals surface area (Å²) in [6, 6.07) is 9.81. The van der Waals surface area contributed by atoms with E-state index in [1.165, 1.54) is 11.3 Å². The Morgan fingerprint density at radius 3 is 2.61 bits per heavy atom. The molecule has 0 aliphatic heterocycles. The number of thiazole rings is 1. The standard InChI is InChI=1S/C22H24N6O2S/c1-14-8-10-24-21(25-14)20-19(26-22(23)31-20)17-13-28(27-18(17)9-11-29-2)12-15-4-6-16(30-3)7-5-15/h4-8,10,13H,9,11-12H2,1-3H3,(H2,23,26). The van der Waals surface area contributed by atoms with E-state index >= 15 is 0 Å². The van der Waals surface area contributed by atoms with Crippen LogP contribution in [0.3, 0.4) is 0 Å². The van der Waals surface area contributed by atoms with Crippen LogP contribution < -0.4 is 10.5 Å². The number of methoxy groups -OCH3 is 2. The van der Waals surface area contributed by atoms with Gasteiger partial charge in [-0.1, -0.05) is 23.5 Å². The maximum absolute atomic E-state index is 6.09. The van der Waals surface area contributed by atoms with Crippen molar-refractivity contribution in [1.82, 2.24) is 24.7 Å². The number of anilines is 1. The van der Waals surface area contributed by atoms with Gasteiger partial charge in [-0.3, -0.25) is 4.68 Å². The Kier molecular flexibility index (Phi) is 6.24. The zero-order chi connectivity index (χ0) is 21.8. The molecule has 160 valence electrons. The predicted molar refractivity (Wildman–Crippen MR) is 121 cm³/mol. The average molecular weight is 437 g/mol. The van der Waals surface area contributed by atoms with Gasteiger partial charge in [0, 0.05) is 37.2 Å². The molecule has 0 unspecified atom stereocenters. The van der Waals surface area contributed by atoms with Crippen molar-refractivity contribution < 1.29 is 9.47 Å². The van der Waals surface area contributed by atoms with Gasteiger partial charge in [-0.25, -0.2) is 15.0 Å². The molecule has 4 aromatic rings. The van der Waals surface area contributed by atoms with E-state index in [-0.39, 0.29) is 0 Å². The molecule has 0 radical (unpaired) electrons. The maximum atomic E-state index is 6.09. The van der Waals surface area contributed by atoms with Crippen LogP contribution in [0.15, 0.2) is 42.7 Å². The van der Waals surface area contributed by atoms with Crippen LogP contribution in [0.25, 0.3) is 22.0 Å².